The van der Waals surface area contributed by atoms with Crippen molar-refractivity contribution in [3.8, 4) is 0 Å². The highest BCUT2D eigenvalue weighted by molar-refractivity contribution is 7.89. The van der Waals surface area contributed by atoms with Gasteiger partial charge in [-0.05, 0) is 54.8 Å². The van der Waals surface area contributed by atoms with Crippen molar-refractivity contribution in [2.45, 2.75) is 24.3 Å². The minimum absolute atomic E-state index is 0.107. The van der Waals surface area contributed by atoms with Gasteiger partial charge in [0.15, 0.2) is 5.13 Å². The van der Waals surface area contributed by atoms with Crippen LogP contribution in [0.2, 0.25) is 5.02 Å². The number of aromatic nitrogens is 1. The van der Waals surface area contributed by atoms with Gasteiger partial charge in [-0.2, -0.15) is 4.31 Å². The van der Waals surface area contributed by atoms with Crippen LogP contribution in [-0.4, -0.2) is 36.7 Å². The molecule has 0 bridgehead atoms. The standard InChI is InChI=1S/C26H24ClN3O3S2/c27-21-12-14-22(15-13-21)35(32,33)29-16-6-9-20(18-29)25(31)30(17-19-7-2-1-3-8-19)26-28-23-10-4-5-11-24(23)34-26/h1-5,7-8,10-15,20H,6,9,16-18H2. The van der Waals surface area contributed by atoms with Crippen LogP contribution in [0.25, 0.3) is 10.2 Å². The van der Waals surface area contributed by atoms with E-state index in [1.807, 2.05) is 54.6 Å². The zero-order valence-corrected chi connectivity index (χ0v) is 21.3. The summed E-state index contributed by atoms with van der Waals surface area (Å²) in [5, 5.41) is 1.10. The Morgan fingerprint density at radius 1 is 1.03 bits per heavy atom. The first kappa shape index (κ1) is 23.9. The highest BCUT2D eigenvalue weighted by Gasteiger charge is 2.36. The maximum atomic E-state index is 13.9. The molecule has 0 aliphatic carbocycles. The molecule has 5 rings (SSSR count). The van der Waals surface area contributed by atoms with Gasteiger partial charge in [-0.1, -0.05) is 65.4 Å². The quantitative estimate of drug-likeness (QED) is 0.329. The molecule has 6 nitrogen and oxygen atoms in total. The van der Waals surface area contributed by atoms with Crippen LogP contribution >= 0.6 is 22.9 Å². The lowest BCUT2D eigenvalue weighted by atomic mass is 9.98. The number of anilines is 1. The Balaban J connectivity index is 1.43. The van der Waals surface area contributed by atoms with E-state index >= 15 is 0 Å². The third kappa shape index (κ3) is 5.11. The molecule has 1 aliphatic rings. The Hall–Kier alpha value is -2.78. The summed E-state index contributed by atoms with van der Waals surface area (Å²) in [6, 6.07) is 23.7. The van der Waals surface area contributed by atoms with E-state index in [0.717, 1.165) is 15.8 Å². The molecule has 3 aromatic carbocycles. The van der Waals surface area contributed by atoms with Gasteiger partial charge in [0.05, 0.1) is 27.6 Å². The molecule has 9 heteroatoms. The number of sulfonamides is 1. The topological polar surface area (TPSA) is 70.6 Å². The highest BCUT2D eigenvalue weighted by atomic mass is 35.5. The highest BCUT2D eigenvalue weighted by Crippen LogP contribution is 2.33. The lowest BCUT2D eigenvalue weighted by Gasteiger charge is -2.33. The fraction of sp³-hybridized carbons (Fsp3) is 0.231. The van der Waals surface area contributed by atoms with Crippen LogP contribution in [0.5, 0.6) is 0 Å². The predicted molar refractivity (Wildman–Crippen MR) is 140 cm³/mol. The Morgan fingerprint density at radius 3 is 2.49 bits per heavy atom. The van der Waals surface area contributed by atoms with Crippen molar-refractivity contribution in [1.82, 2.24) is 9.29 Å². The van der Waals surface area contributed by atoms with Crippen LogP contribution in [0.3, 0.4) is 0 Å². The number of amides is 1. The van der Waals surface area contributed by atoms with E-state index in [1.165, 1.54) is 27.8 Å². The molecule has 180 valence electrons. The predicted octanol–water partition coefficient (Wildman–Crippen LogP) is 5.58. The van der Waals surface area contributed by atoms with Crippen LogP contribution < -0.4 is 4.90 Å². The van der Waals surface area contributed by atoms with Crippen LogP contribution in [0.15, 0.2) is 83.8 Å². The number of benzene rings is 3. The van der Waals surface area contributed by atoms with Crippen LogP contribution in [0, 0.1) is 5.92 Å². The van der Waals surface area contributed by atoms with E-state index < -0.39 is 15.9 Å². The number of carbonyl (C=O) groups excluding carboxylic acids is 1. The molecule has 4 aromatic rings. The van der Waals surface area contributed by atoms with Gasteiger partial charge < -0.3 is 0 Å². The monoisotopic (exact) mass is 525 g/mol. The largest absolute Gasteiger partial charge is 0.283 e. The van der Waals surface area contributed by atoms with E-state index in [2.05, 4.69) is 0 Å². The van der Waals surface area contributed by atoms with E-state index in [4.69, 9.17) is 16.6 Å². The fourth-order valence-corrected chi connectivity index (χ4v) is 6.94. The van der Waals surface area contributed by atoms with Crippen molar-refractivity contribution in [3.05, 3.63) is 89.4 Å². The first-order valence-corrected chi connectivity index (χ1v) is 14.0. The number of nitrogens with zero attached hydrogens (tertiary/aromatic N) is 3. The fourth-order valence-electron chi connectivity index (χ4n) is 4.32. The molecular formula is C26H24ClN3O3S2. The number of thiazole rings is 1. The summed E-state index contributed by atoms with van der Waals surface area (Å²) in [7, 11) is -3.72. The van der Waals surface area contributed by atoms with E-state index in [1.54, 1.807) is 17.0 Å². The molecule has 2 heterocycles. The first-order chi connectivity index (χ1) is 16.9. The van der Waals surface area contributed by atoms with Gasteiger partial charge in [0.25, 0.3) is 0 Å². The Kier molecular flexibility index (Phi) is 6.88. The van der Waals surface area contributed by atoms with Crippen LogP contribution in [-0.2, 0) is 21.4 Å². The molecule has 0 N–H and O–H groups in total. The maximum Gasteiger partial charge on any atom is 0.243 e. The average molecular weight is 526 g/mol. The summed E-state index contributed by atoms with van der Waals surface area (Å²) in [5.41, 5.74) is 1.83. The van der Waals surface area contributed by atoms with Gasteiger partial charge in [0, 0.05) is 18.1 Å². The lowest BCUT2D eigenvalue weighted by Crippen LogP contribution is -2.46. The Bertz CT molecular complexity index is 1410. The summed E-state index contributed by atoms with van der Waals surface area (Å²) in [5.74, 6) is -0.564. The van der Waals surface area contributed by atoms with Crippen molar-refractivity contribution in [2.75, 3.05) is 18.0 Å². The molecule has 0 spiro atoms. The molecule has 1 atom stereocenters. The minimum atomic E-state index is -3.72. The molecule has 1 aliphatic heterocycles. The van der Waals surface area contributed by atoms with Crippen molar-refractivity contribution >= 4 is 54.2 Å². The molecule has 1 saturated heterocycles. The summed E-state index contributed by atoms with van der Waals surface area (Å²) < 4.78 is 28.9. The second-order valence-corrected chi connectivity index (χ2v) is 11.9. The second kappa shape index (κ2) is 10.1. The second-order valence-electron chi connectivity index (χ2n) is 8.53. The van der Waals surface area contributed by atoms with Gasteiger partial charge in [-0.15, -0.1) is 0 Å². The van der Waals surface area contributed by atoms with Gasteiger partial charge in [0.1, 0.15) is 0 Å². The van der Waals surface area contributed by atoms with Crippen molar-refractivity contribution in [2.24, 2.45) is 5.92 Å². The number of hydrogen-bond acceptors (Lipinski definition) is 5. The minimum Gasteiger partial charge on any atom is -0.283 e. The van der Waals surface area contributed by atoms with Crippen molar-refractivity contribution < 1.29 is 13.2 Å². The number of para-hydroxylation sites is 1. The summed E-state index contributed by atoms with van der Waals surface area (Å²) in [6.45, 7) is 0.897. The lowest BCUT2D eigenvalue weighted by molar-refractivity contribution is -0.123. The van der Waals surface area contributed by atoms with Gasteiger partial charge in [0.2, 0.25) is 15.9 Å². The third-order valence-corrected chi connectivity index (χ3v) is 9.34. The SMILES string of the molecule is O=C(C1CCCN(S(=O)(=O)c2ccc(Cl)cc2)C1)N(Cc1ccccc1)c1nc2ccccc2s1. The number of halogens is 1. The van der Waals surface area contributed by atoms with E-state index in [0.29, 0.717) is 36.1 Å². The van der Waals surface area contributed by atoms with Crippen LogP contribution in [0.4, 0.5) is 5.13 Å². The molecule has 1 amide bonds. The van der Waals surface area contributed by atoms with E-state index in [-0.39, 0.29) is 17.3 Å². The summed E-state index contributed by atoms with van der Waals surface area (Å²) in [6.07, 6.45) is 1.24. The molecule has 0 saturated carbocycles. The smallest absolute Gasteiger partial charge is 0.243 e. The number of carbonyl (C=O) groups is 1. The van der Waals surface area contributed by atoms with E-state index in [9.17, 15) is 13.2 Å². The molecular weight excluding hydrogens is 502 g/mol. The summed E-state index contributed by atoms with van der Waals surface area (Å²) in [4.78, 5) is 20.5. The van der Waals surface area contributed by atoms with Crippen molar-refractivity contribution in [1.29, 1.82) is 0 Å². The molecule has 1 fully saturated rings. The van der Waals surface area contributed by atoms with Gasteiger partial charge >= 0.3 is 0 Å². The summed E-state index contributed by atoms with van der Waals surface area (Å²) >= 11 is 7.41. The Morgan fingerprint density at radius 2 is 1.74 bits per heavy atom. The zero-order chi connectivity index (χ0) is 24.4. The third-order valence-electron chi connectivity index (χ3n) is 6.15. The van der Waals surface area contributed by atoms with Gasteiger partial charge in [-0.3, -0.25) is 9.69 Å². The Labute approximate surface area is 213 Å². The zero-order valence-electron chi connectivity index (χ0n) is 18.9. The molecule has 0 radical (unpaired) electrons. The number of rotatable bonds is 6. The number of fused-ring (bicyclic) bond motifs is 1. The van der Waals surface area contributed by atoms with Gasteiger partial charge in [-0.25, -0.2) is 13.4 Å². The molecule has 1 aromatic heterocycles. The normalized spacial score (nSPS) is 16.9. The number of hydrogen-bond donors (Lipinski definition) is 0. The molecule has 1 unspecified atom stereocenters. The average Bonchev–Trinajstić information content (AvgIpc) is 3.32. The maximum absolute atomic E-state index is 13.9. The molecule has 35 heavy (non-hydrogen) atoms. The van der Waals surface area contributed by atoms with Crippen LogP contribution in [0.1, 0.15) is 18.4 Å². The van der Waals surface area contributed by atoms with Crippen molar-refractivity contribution in [3.63, 3.8) is 0 Å². The first-order valence-electron chi connectivity index (χ1n) is 11.4. The number of piperidine rings is 1.